The van der Waals surface area contributed by atoms with Gasteiger partial charge in [0.15, 0.2) is 0 Å². The fraction of sp³-hybridized carbons (Fsp3) is 1.00. The number of ether oxygens (including phenoxy) is 3. The second kappa shape index (κ2) is 10.9. The Hall–Kier alpha value is 0.130. The van der Waals surface area contributed by atoms with E-state index in [0.717, 1.165) is 19.6 Å². The molecule has 0 aliphatic heterocycles. The van der Waals surface area contributed by atoms with Crippen molar-refractivity contribution in [3.8, 4) is 0 Å². The van der Waals surface area contributed by atoms with E-state index in [2.05, 4.69) is 11.9 Å². The molecule has 2 atom stereocenters. The van der Waals surface area contributed by atoms with Crippen LogP contribution in [-0.2, 0) is 14.2 Å². The number of halogens is 1. The molecule has 114 valence electrons. The van der Waals surface area contributed by atoms with E-state index in [1.807, 2.05) is 0 Å². The molecular weight excluding hydrogens is 266 g/mol. The second-order valence-corrected chi connectivity index (χ2v) is 5.63. The topological polar surface area (TPSA) is 30.9 Å². The highest BCUT2D eigenvalue weighted by molar-refractivity contribution is 6.21. The maximum Gasteiger partial charge on any atom is 0.0701 e. The van der Waals surface area contributed by atoms with Gasteiger partial charge in [-0.05, 0) is 19.9 Å². The van der Waals surface area contributed by atoms with Crippen LogP contribution in [0.4, 0.5) is 0 Å². The average Bonchev–Trinajstić information content (AvgIpc) is 2.42. The first-order valence-corrected chi connectivity index (χ1v) is 7.68. The summed E-state index contributed by atoms with van der Waals surface area (Å²) in [4.78, 5) is 2.34. The van der Waals surface area contributed by atoms with Crippen molar-refractivity contribution in [1.29, 1.82) is 0 Å². The van der Waals surface area contributed by atoms with Gasteiger partial charge in [0.1, 0.15) is 0 Å². The van der Waals surface area contributed by atoms with Crippen molar-refractivity contribution in [3.05, 3.63) is 0 Å². The quantitative estimate of drug-likeness (QED) is 0.456. The molecule has 2 unspecified atom stereocenters. The molecular formula is C14H28ClNO3. The third-order valence-corrected chi connectivity index (χ3v) is 4.11. The molecule has 0 bridgehead atoms. The highest BCUT2D eigenvalue weighted by Crippen LogP contribution is 2.26. The van der Waals surface area contributed by atoms with E-state index >= 15 is 0 Å². The van der Waals surface area contributed by atoms with Crippen molar-refractivity contribution >= 4 is 11.6 Å². The summed E-state index contributed by atoms with van der Waals surface area (Å²) in [6.07, 6.45) is 4.93. The molecule has 1 fully saturated rings. The Morgan fingerprint density at radius 1 is 1.00 bits per heavy atom. The molecule has 0 aromatic carbocycles. The summed E-state index contributed by atoms with van der Waals surface area (Å²) >= 11 is 6.37. The lowest BCUT2D eigenvalue weighted by Crippen LogP contribution is -2.42. The minimum Gasteiger partial charge on any atom is -0.382 e. The molecule has 0 saturated heterocycles. The van der Waals surface area contributed by atoms with Gasteiger partial charge in [-0.2, -0.15) is 0 Å². The van der Waals surface area contributed by atoms with Gasteiger partial charge in [-0.25, -0.2) is 0 Å². The fourth-order valence-corrected chi connectivity index (χ4v) is 2.87. The standard InChI is InChI=1S/C14H28ClNO3/c1-16(14-6-4-3-5-13(14)15)7-8-18-11-12-19-10-9-17-2/h13-14H,3-12H2,1-2H3. The minimum absolute atomic E-state index is 0.302. The van der Waals surface area contributed by atoms with Crippen LogP contribution in [0.2, 0.25) is 0 Å². The van der Waals surface area contributed by atoms with Crippen molar-refractivity contribution in [1.82, 2.24) is 4.90 Å². The first kappa shape index (κ1) is 17.2. The summed E-state index contributed by atoms with van der Waals surface area (Å²) in [5, 5.41) is 0.302. The second-order valence-electron chi connectivity index (χ2n) is 5.07. The molecule has 0 aromatic rings. The van der Waals surface area contributed by atoms with Crippen molar-refractivity contribution in [2.45, 2.75) is 37.1 Å². The molecule has 0 heterocycles. The maximum atomic E-state index is 6.37. The molecule has 1 rings (SSSR count). The van der Waals surface area contributed by atoms with Crippen molar-refractivity contribution in [2.75, 3.05) is 53.7 Å². The molecule has 0 spiro atoms. The van der Waals surface area contributed by atoms with Crippen LogP contribution in [0.5, 0.6) is 0 Å². The molecule has 0 aromatic heterocycles. The predicted molar refractivity (Wildman–Crippen MR) is 78.0 cm³/mol. The van der Waals surface area contributed by atoms with E-state index in [1.165, 1.54) is 19.3 Å². The van der Waals surface area contributed by atoms with Crippen LogP contribution in [0, 0.1) is 0 Å². The smallest absolute Gasteiger partial charge is 0.0701 e. The molecule has 19 heavy (non-hydrogen) atoms. The van der Waals surface area contributed by atoms with Crippen LogP contribution in [0.1, 0.15) is 25.7 Å². The Kier molecular flexibility index (Phi) is 9.82. The number of alkyl halides is 1. The van der Waals surface area contributed by atoms with Gasteiger partial charge in [-0.1, -0.05) is 12.8 Å². The van der Waals surface area contributed by atoms with Crippen LogP contribution in [-0.4, -0.2) is 70.1 Å². The van der Waals surface area contributed by atoms with Crippen LogP contribution in [0.15, 0.2) is 0 Å². The monoisotopic (exact) mass is 293 g/mol. The number of nitrogens with zero attached hydrogens (tertiary/aromatic N) is 1. The largest absolute Gasteiger partial charge is 0.382 e. The van der Waals surface area contributed by atoms with Crippen molar-refractivity contribution in [3.63, 3.8) is 0 Å². The highest BCUT2D eigenvalue weighted by atomic mass is 35.5. The molecule has 1 aliphatic rings. The van der Waals surface area contributed by atoms with Crippen LogP contribution in [0.3, 0.4) is 0 Å². The number of rotatable bonds is 10. The summed E-state index contributed by atoms with van der Waals surface area (Å²) in [5.41, 5.74) is 0. The third-order valence-electron chi connectivity index (χ3n) is 3.61. The van der Waals surface area contributed by atoms with Gasteiger partial charge < -0.3 is 14.2 Å². The molecule has 0 N–H and O–H groups in total. The van der Waals surface area contributed by atoms with E-state index in [9.17, 15) is 0 Å². The Bertz CT molecular complexity index is 219. The predicted octanol–water partition coefficient (Wildman–Crippen LogP) is 2.15. The zero-order chi connectivity index (χ0) is 13.9. The maximum absolute atomic E-state index is 6.37. The third kappa shape index (κ3) is 7.47. The SMILES string of the molecule is COCCOCCOCCN(C)C1CCCCC1Cl. The van der Waals surface area contributed by atoms with Crippen LogP contribution >= 0.6 is 11.6 Å². The lowest BCUT2D eigenvalue weighted by atomic mass is 9.94. The van der Waals surface area contributed by atoms with E-state index in [1.54, 1.807) is 7.11 Å². The summed E-state index contributed by atoms with van der Waals surface area (Å²) < 4.78 is 15.8. The Morgan fingerprint density at radius 3 is 2.32 bits per heavy atom. The number of methoxy groups -OCH3 is 1. The summed E-state index contributed by atoms with van der Waals surface area (Å²) in [7, 11) is 3.81. The first-order valence-electron chi connectivity index (χ1n) is 7.24. The Labute approximate surface area is 122 Å². The van der Waals surface area contributed by atoms with Gasteiger partial charge in [-0.15, -0.1) is 11.6 Å². The zero-order valence-electron chi connectivity index (χ0n) is 12.3. The Balaban J connectivity index is 1.96. The molecule has 5 heteroatoms. The van der Waals surface area contributed by atoms with E-state index < -0.39 is 0 Å². The summed E-state index contributed by atoms with van der Waals surface area (Å²) in [6, 6.07) is 0.511. The van der Waals surface area contributed by atoms with E-state index in [-0.39, 0.29) is 0 Å². The molecule has 1 aliphatic carbocycles. The zero-order valence-corrected chi connectivity index (χ0v) is 13.0. The molecule has 1 saturated carbocycles. The normalized spacial score (nSPS) is 24.0. The lowest BCUT2D eigenvalue weighted by molar-refractivity contribution is 0.0176. The van der Waals surface area contributed by atoms with Crippen molar-refractivity contribution < 1.29 is 14.2 Å². The molecule has 0 radical (unpaired) electrons. The minimum atomic E-state index is 0.302. The van der Waals surface area contributed by atoms with E-state index in [4.69, 9.17) is 25.8 Å². The Morgan fingerprint density at radius 2 is 1.63 bits per heavy atom. The number of hydrogen-bond acceptors (Lipinski definition) is 4. The van der Waals surface area contributed by atoms with Crippen LogP contribution < -0.4 is 0 Å². The number of hydrogen-bond donors (Lipinski definition) is 0. The van der Waals surface area contributed by atoms with Crippen molar-refractivity contribution in [2.24, 2.45) is 0 Å². The first-order chi connectivity index (χ1) is 9.25. The van der Waals surface area contributed by atoms with Gasteiger partial charge >= 0.3 is 0 Å². The molecule has 4 nitrogen and oxygen atoms in total. The fourth-order valence-electron chi connectivity index (χ4n) is 2.40. The van der Waals surface area contributed by atoms with Gasteiger partial charge in [0.25, 0.3) is 0 Å². The van der Waals surface area contributed by atoms with Gasteiger partial charge in [0, 0.05) is 25.1 Å². The number of likely N-dealkylation sites (N-methyl/N-ethyl adjacent to an activating group) is 1. The van der Waals surface area contributed by atoms with Gasteiger partial charge in [0.05, 0.1) is 33.0 Å². The highest BCUT2D eigenvalue weighted by Gasteiger charge is 2.26. The van der Waals surface area contributed by atoms with Gasteiger partial charge in [0.2, 0.25) is 0 Å². The lowest BCUT2D eigenvalue weighted by Gasteiger charge is -2.34. The average molecular weight is 294 g/mol. The van der Waals surface area contributed by atoms with E-state index in [0.29, 0.717) is 37.8 Å². The van der Waals surface area contributed by atoms with Crippen LogP contribution in [0.25, 0.3) is 0 Å². The summed E-state index contributed by atoms with van der Waals surface area (Å²) in [6.45, 7) is 4.23. The van der Waals surface area contributed by atoms with Gasteiger partial charge in [-0.3, -0.25) is 4.90 Å². The summed E-state index contributed by atoms with van der Waals surface area (Å²) in [5.74, 6) is 0. The molecule has 0 amide bonds.